The standard InChI is InChI=1S/C4H6O4.2CH2O3/c1-3(5)7-8-4(2)6;2*2-1(3)4/h1-2H3;2*(H2,2,3,4). The van der Waals surface area contributed by atoms with Gasteiger partial charge in [-0.25, -0.2) is 29.0 Å². The molecule has 0 aromatic rings. The monoisotopic (exact) mass is 242 g/mol. The summed E-state index contributed by atoms with van der Waals surface area (Å²) < 4.78 is 0. The molecule has 0 bridgehead atoms. The largest absolute Gasteiger partial charge is 0.503 e. The van der Waals surface area contributed by atoms with Crippen molar-refractivity contribution >= 4 is 24.2 Å². The first-order valence-corrected chi connectivity index (χ1v) is 3.29. The molecule has 10 nitrogen and oxygen atoms in total. The van der Waals surface area contributed by atoms with E-state index >= 15 is 0 Å². The molecule has 4 N–H and O–H groups in total. The van der Waals surface area contributed by atoms with Crippen LogP contribution in [0.3, 0.4) is 0 Å². The van der Waals surface area contributed by atoms with E-state index in [1.165, 1.54) is 0 Å². The highest BCUT2D eigenvalue weighted by Gasteiger charge is 1.95. The Labute approximate surface area is 88.6 Å². The van der Waals surface area contributed by atoms with Crippen LogP contribution in [0.2, 0.25) is 0 Å². The maximum atomic E-state index is 9.85. The van der Waals surface area contributed by atoms with Crippen LogP contribution in [0.25, 0.3) is 0 Å². The highest BCUT2D eigenvalue weighted by molar-refractivity contribution is 5.69. The lowest BCUT2D eigenvalue weighted by atomic mass is 10.8. The summed E-state index contributed by atoms with van der Waals surface area (Å²) in [6.45, 7) is 2.28. The summed E-state index contributed by atoms with van der Waals surface area (Å²) in [6.07, 6.45) is -3.67. The second kappa shape index (κ2) is 12.5. The quantitative estimate of drug-likeness (QED) is 0.346. The molecular weight excluding hydrogens is 232 g/mol. The molecule has 0 aliphatic heterocycles. The maximum absolute atomic E-state index is 9.85. The minimum Gasteiger partial charge on any atom is -0.450 e. The Morgan fingerprint density at radius 1 is 0.688 bits per heavy atom. The van der Waals surface area contributed by atoms with Crippen molar-refractivity contribution in [1.29, 1.82) is 0 Å². The van der Waals surface area contributed by atoms with E-state index in [1.807, 2.05) is 0 Å². The van der Waals surface area contributed by atoms with Gasteiger partial charge in [0.2, 0.25) is 0 Å². The Morgan fingerprint density at radius 3 is 0.875 bits per heavy atom. The van der Waals surface area contributed by atoms with E-state index in [4.69, 9.17) is 30.0 Å². The van der Waals surface area contributed by atoms with E-state index in [-0.39, 0.29) is 0 Å². The van der Waals surface area contributed by atoms with Gasteiger partial charge in [0.05, 0.1) is 0 Å². The zero-order chi connectivity index (χ0) is 13.7. The van der Waals surface area contributed by atoms with Crippen molar-refractivity contribution in [3.05, 3.63) is 0 Å². The normalized spacial score (nSPS) is 6.88. The van der Waals surface area contributed by atoms with Crippen molar-refractivity contribution < 1.29 is 49.4 Å². The van der Waals surface area contributed by atoms with E-state index < -0.39 is 24.2 Å². The van der Waals surface area contributed by atoms with Gasteiger partial charge in [-0.1, -0.05) is 0 Å². The molecule has 0 saturated carbocycles. The molecule has 10 heteroatoms. The molecule has 0 fully saturated rings. The Kier molecular flexibility index (Phi) is 14.9. The minimum absolute atomic E-state index is 0.639. The number of carbonyl (C=O) groups excluding carboxylic acids is 2. The summed E-state index contributed by atoms with van der Waals surface area (Å²) >= 11 is 0. The number of carbonyl (C=O) groups is 4. The zero-order valence-corrected chi connectivity index (χ0v) is 8.24. The molecule has 0 atom stereocenters. The fraction of sp³-hybridized carbons (Fsp3) is 0.333. The Balaban J connectivity index is -0.000000179. The van der Waals surface area contributed by atoms with Crippen molar-refractivity contribution in [1.82, 2.24) is 0 Å². The predicted molar refractivity (Wildman–Crippen MR) is 44.8 cm³/mol. The van der Waals surface area contributed by atoms with Gasteiger partial charge in [-0.15, -0.1) is 0 Å². The van der Waals surface area contributed by atoms with Gasteiger partial charge in [0, 0.05) is 13.8 Å². The summed E-state index contributed by atoms with van der Waals surface area (Å²) in [5, 5.41) is 27.9. The van der Waals surface area contributed by atoms with Crippen LogP contribution < -0.4 is 0 Å². The van der Waals surface area contributed by atoms with Gasteiger partial charge in [0.1, 0.15) is 0 Å². The average Bonchev–Trinajstić information content (AvgIpc) is 1.98. The number of rotatable bonds is 0. The number of hydrogen-bond acceptors (Lipinski definition) is 6. The SMILES string of the molecule is CC(=O)OOC(C)=O.O=C(O)O.O=C(O)O. The second-order valence-electron chi connectivity index (χ2n) is 1.71. The molecule has 0 spiro atoms. The molecule has 0 aromatic carbocycles. The molecule has 0 saturated heterocycles. The van der Waals surface area contributed by atoms with E-state index in [2.05, 4.69) is 9.78 Å². The lowest BCUT2D eigenvalue weighted by molar-refractivity contribution is -0.255. The molecule has 16 heavy (non-hydrogen) atoms. The van der Waals surface area contributed by atoms with Crippen LogP contribution in [-0.4, -0.2) is 44.7 Å². The maximum Gasteiger partial charge on any atom is 0.503 e. The van der Waals surface area contributed by atoms with Crippen molar-refractivity contribution in [2.75, 3.05) is 0 Å². The van der Waals surface area contributed by atoms with Gasteiger partial charge in [-0.3, -0.25) is 0 Å². The van der Waals surface area contributed by atoms with Gasteiger partial charge in [-0.05, 0) is 0 Å². The van der Waals surface area contributed by atoms with Crippen molar-refractivity contribution in [2.24, 2.45) is 0 Å². The molecule has 0 unspecified atom stereocenters. The van der Waals surface area contributed by atoms with Crippen molar-refractivity contribution in [3.8, 4) is 0 Å². The predicted octanol–water partition coefficient (Wildman–Crippen LogP) is 0.472. The van der Waals surface area contributed by atoms with E-state index in [0.717, 1.165) is 13.8 Å². The van der Waals surface area contributed by atoms with Gasteiger partial charge >= 0.3 is 24.2 Å². The molecule has 0 rings (SSSR count). The van der Waals surface area contributed by atoms with Gasteiger partial charge in [0.15, 0.2) is 0 Å². The van der Waals surface area contributed by atoms with Crippen LogP contribution in [0.4, 0.5) is 9.59 Å². The highest BCUT2D eigenvalue weighted by atomic mass is 17.2. The third-order valence-electron chi connectivity index (χ3n) is 0.276. The Bertz CT molecular complexity index is 210. The van der Waals surface area contributed by atoms with Crippen LogP contribution in [-0.2, 0) is 19.4 Å². The summed E-state index contributed by atoms with van der Waals surface area (Å²) in [6, 6.07) is 0. The minimum atomic E-state index is -1.83. The van der Waals surface area contributed by atoms with E-state index in [0.29, 0.717) is 0 Å². The highest BCUT2D eigenvalue weighted by Crippen LogP contribution is 1.78. The van der Waals surface area contributed by atoms with Gasteiger partial charge in [-0.2, -0.15) is 0 Å². The third-order valence-corrected chi connectivity index (χ3v) is 0.276. The Morgan fingerprint density at radius 2 is 0.812 bits per heavy atom. The average molecular weight is 242 g/mol. The summed E-state index contributed by atoms with van der Waals surface area (Å²) in [4.78, 5) is 44.4. The van der Waals surface area contributed by atoms with Crippen LogP contribution in [0.5, 0.6) is 0 Å². The second-order valence-corrected chi connectivity index (χ2v) is 1.71. The fourth-order valence-corrected chi connectivity index (χ4v) is 0.117. The van der Waals surface area contributed by atoms with Crippen LogP contribution in [0.1, 0.15) is 13.8 Å². The molecule has 0 heterocycles. The molecule has 0 radical (unpaired) electrons. The molecular formula is C6H10O10. The zero-order valence-electron chi connectivity index (χ0n) is 8.24. The van der Waals surface area contributed by atoms with Crippen LogP contribution in [0, 0.1) is 0 Å². The third kappa shape index (κ3) is 205. The van der Waals surface area contributed by atoms with Crippen molar-refractivity contribution in [3.63, 3.8) is 0 Å². The summed E-state index contributed by atoms with van der Waals surface area (Å²) in [7, 11) is 0. The first kappa shape index (κ1) is 19.1. The first-order valence-electron chi connectivity index (χ1n) is 3.29. The molecule has 0 amide bonds. The van der Waals surface area contributed by atoms with E-state index in [1.54, 1.807) is 0 Å². The lowest BCUT2D eigenvalue weighted by Crippen LogP contribution is -2.03. The molecule has 0 aliphatic carbocycles. The summed E-state index contributed by atoms with van der Waals surface area (Å²) in [5.74, 6) is -1.28. The van der Waals surface area contributed by atoms with E-state index in [9.17, 15) is 9.59 Å². The van der Waals surface area contributed by atoms with Crippen molar-refractivity contribution in [2.45, 2.75) is 13.8 Å². The van der Waals surface area contributed by atoms with Crippen LogP contribution in [0.15, 0.2) is 0 Å². The van der Waals surface area contributed by atoms with Crippen LogP contribution >= 0.6 is 0 Å². The topological polar surface area (TPSA) is 168 Å². The lowest BCUT2D eigenvalue weighted by Gasteiger charge is -1.93. The van der Waals surface area contributed by atoms with Gasteiger partial charge in [0.25, 0.3) is 0 Å². The molecule has 0 aliphatic rings. The molecule has 94 valence electrons. The molecule has 0 aromatic heterocycles. The smallest absolute Gasteiger partial charge is 0.450 e. The number of hydrogen-bond donors (Lipinski definition) is 4. The van der Waals surface area contributed by atoms with Gasteiger partial charge < -0.3 is 20.4 Å². The Hall–Kier alpha value is -2.52. The number of carboxylic acid groups (broad SMARTS) is 4. The first-order chi connectivity index (χ1) is 7.09. The fourth-order valence-electron chi connectivity index (χ4n) is 0.117. The summed E-state index contributed by atoms with van der Waals surface area (Å²) in [5.41, 5.74) is 0.